The van der Waals surface area contributed by atoms with Gasteiger partial charge in [-0.1, -0.05) is 0 Å². The average molecular weight is 379 g/mol. The summed E-state index contributed by atoms with van der Waals surface area (Å²) < 4.78 is 16.1. The van der Waals surface area contributed by atoms with Crippen LogP contribution in [0, 0.1) is 12.8 Å². The molecule has 0 saturated carbocycles. The summed E-state index contributed by atoms with van der Waals surface area (Å²) in [5.74, 6) is 1.10. The number of nitrogens with zero attached hydrogens (tertiary/aromatic N) is 2. The van der Waals surface area contributed by atoms with Gasteiger partial charge >= 0.3 is 0 Å². The highest BCUT2D eigenvalue weighted by Gasteiger charge is 2.35. The number of amides is 2. The lowest BCUT2D eigenvalue weighted by Crippen LogP contribution is -2.28. The molecule has 1 atom stereocenters. The van der Waals surface area contributed by atoms with Crippen LogP contribution in [0.25, 0.3) is 11.1 Å². The maximum absolute atomic E-state index is 12.7. The zero-order valence-corrected chi connectivity index (χ0v) is 15.1. The minimum atomic E-state index is -0.437. The molecule has 2 amide bonds. The summed E-state index contributed by atoms with van der Waals surface area (Å²) in [5.41, 5.74) is 2.67. The molecule has 0 bridgehead atoms. The number of oxazole rings is 1. The quantitative estimate of drug-likeness (QED) is 0.752. The fourth-order valence-corrected chi connectivity index (χ4v) is 3.55. The molecule has 2 aromatic carbocycles. The molecule has 0 spiro atoms. The van der Waals surface area contributed by atoms with Gasteiger partial charge in [0.2, 0.25) is 18.6 Å². The van der Waals surface area contributed by atoms with Crippen molar-refractivity contribution in [3.05, 3.63) is 42.3 Å². The van der Waals surface area contributed by atoms with Gasteiger partial charge in [0.05, 0.1) is 5.92 Å². The molecular formula is C20H17N3O5. The highest BCUT2D eigenvalue weighted by Crippen LogP contribution is 2.37. The van der Waals surface area contributed by atoms with Gasteiger partial charge in [-0.2, -0.15) is 0 Å². The molecule has 2 aliphatic heterocycles. The first-order valence-corrected chi connectivity index (χ1v) is 8.95. The SMILES string of the molecule is Cc1nc2cc(NC(=O)C3CC(=O)N(c4ccc5c(c4)OCO5)C3)ccc2o1. The molecule has 0 radical (unpaired) electrons. The molecule has 8 heteroatoms. The van der Waals surface area contributed by atoms with E-state index in [1.807, 2.05) is 0 Å². The molecular weight excluding hydrogens is 362 g/mol. The number of rotatable bonds is 3. The van der Waals surface area contributed by atoms with Crippen LogP contribution >= 0.6 is 0 Å². The van der Waals surface area contributed by atoms with Gasteiger partial charge in [-0.15, -0.1) is 0 Å². The molecule has 3 heterocycles. The van der Waals surface area contributed by atoms with Gasteiger partial charge in [-0.05, 0) is 30.3 Å². The number of nitrogens with one attached hydrogen (secondary N) is 1. The van der Waals surface area contributed by atoms with Crippen molar-refractivity contribution < 1.29 is 23.5 Å². The predicted octanol–water partition coefficient (Wildman–Crippen LogP) is 2.86. The van der Waals surface area contributed by atoms with E-state index in [1.54, 1.807) is 48.2 Å². The maximum Gasteiger partial charge on any atom is 0.231 e. The van der Waals surface area contributed by atoms with Gasteiger partial charge in [0.1, 0.15) is 5.52 Å². The van der Waals surface area contributed by atoms with E-state index in [0.717, 1.165) is 0 Å². The molecule has 0 aliphatic carbocycles. The van der Waals surface area contributed by atoms with Crippen molar-refractivity contribution in [3.63, 3.8) is 0 Å². The number of aryl methyl sites for hydroxylation is 1. The summed E-state index contributed by atoms with van der Waals surface area (Å²) in [6.07, 6.45) is 0.158. The Balaban J connectivity index is 1.31. The summed E-state index contributed by atoms with van der Waals surface area (Å²) >= 11 is 0. The highest BCUT2D eigenvalue weighted by atomic mass is 16.7. The number of benzene rings is 2. The molecule has 1 saturated heterocycles. The molecule has 1 N–H and O–H groups in total. The van der Waals surface area contributed by atoms with Crippen molar-refractivity contribution in [2.75, 3.05) is 23.6 Å². The van der Waals surface area contributed by atoms with Crippen LogP contribution in [0.15, 0.2) is 40.8 Å². The third-order valence-electron chi connectivity index (χ3n) is 4.93. The molecule has 3 aromatic rings. The lowest BCUT2D eigenvalue weighted by molar-refractivity contribution is -0.122. The Labute approximate surface area is 160 Å². The number of hydrogen-bond acceptors (Lipinski definition) is 6. The topological polar surface area (TPSA) is 93.9 Å². The van der Waals surface area contributed by atoms with Crippen molar-refractivity contribution in [1.29, 1.82) is 0 Å². The first-order chi connectivity index (χ1) is 13.6. The van der Waals surface area contributed by atoms with Crippen LogP contribution in [0.4, 0.5) is 11.4 Å². The van der Waals surface area contributed by atoms with E-state index in [4.69, 9.17) is 13.9 Å². The monoisotopic (exact) mass is 379 g/mol. The Kier molecular flexibility index (Phi) is 3.71. The van der Waals surface area contributed by atoms with Crippen LogP contribution < -0.4 is 19.7 Å². The van der Waals surface area contributed by atoms with Gasteiger partial charge in [-0.25, -0.2) is 4.98 Å². The van der Waals surface area contributed by atoms with E-state index in [1.165, 1.54) is 0 Å². The van der Waals surface area contributed by atoms with Gasteiger partial charge in [-0.3, -0.25) is 9.59 Å². The van der Waals surface area contributed by atoms with Gasteiger partial charge in [0.15, 0.2) is 23.0 Å². The van der Waals surface area contributed by atoms with Crippen LogP contribution in [0.1, 0.15) is 12.3 Å². The number of aromatic nitrogens is 1. The fraction of sp³-hybridized carbons (Fsp3) is 0.250. The largest absolute Gasteiger partial charge is 0.454 e. The van der Waals surface area contributed by atoms with Crippen LogP contribution in [-0.2, 0) is 9.59 Å². The minimum absolute atomic E-state index is 0.0957. The number of carbonyl (C=O) groups is 2. The summed E-state index contributed by atoms with van der Waals surface area (Å²) in [6, 6.07) is 10.6. The zero-order chi connectivity index (χ0) is 19.3. The van der Waals surface area contributed by atoms with E-state index in [-0.39, 0.29) is 25.0 Å². The van der Waals surface area contributed by atoms with Gasteiger partial charge < -0.3 is 24.1 Å². The van der Waals surface area contributed by atoms with Crippen molar-refractivity contribution in [1.82, 2.24) is 4.98 Å². The third kappa shape index (κ3) is 2.83. The molecule has 1 fully saturated rings. The molecule has 28 heavy (non-hydrogen) atoms. The molecule has 1 aromatic heterocycles. The van der Waals surface area contributed by atoms with Crippen LogP contribution in [0.5, 0.6) is 11.5 Å². The summed E-state index contributed by atoms with van der Waals surface area (Å²) in [5, 5.41) is 2.88. The molecule has 2 aliphatic rings. The molecule has 1 unspecified atom stereocenters. The Hall–Kier alpha value is -3.55. The van der Waals surface area contributed by atoms with Crippen LogP contribution in [0.2, 0.25) is 0 Å². The number of fused-ring (bicyclic) bond motifs is 2. The zero-order valence-electron chi connectivity index (χ0n) is 15.1. The molecule has 5 rings (SSSR count). The first kappa shape index (κ1) is 16.6. The standard InChI is InChI=1S/C20H17N3O5/c1-11-21-15-7-13(2-4-16(15)28-11)22-20(25)12-6-19(24)23(9-12)14-3-5-17-18(8-14)27-10-26-17/h2-5,7-8,12H,6,9-10H2,1H3,(H,22,25). The Morgan fingerprint density at radius 1 is 1.18 bits per heavy atom. The Morgan fingerprint density at radius 3 is 2.93 bits per heavy atom. The van der Waals surface area contributed by atoms with Crippen molar-refractivity contribution in [2.45, 2.75) is 13.3 Å². The van der Waals surface area contributed by atoms with Crippen molar-refractivity contribution in [3.8, 4) is 11.5 Å². The van der Waals surface area contributed by atoms with Crippen LogP contribution in [-0.4, -0.2) is 30.1 Å². The average Bonchev–Trinajstić information content (AvgIpc) is 3.37. The van der Waals surface area contributed by atoms with Crippen LogP contribution in [0.3, 0.4) is 0 Å². The smallest absolute Gasteiger partial charge is 0.231 e. The van der Waals surface area contributed by atoms with Gasteiger partial charge in [0.25, 0.3) is 0 Å². The number of ether oxygens (including phenoxy) is 2. The summed E-state index contributed by atoms with van der Waals surface area (Å²) in [6.45, 7) is 2.26. The number of anilines is 2. The lowest BCUT2D eigenvalue weighted by Gasteiger charge is -2.17. The second kappa shape index (κ2) is 6.26. The Bertz CT molecular complexity index is 1110. The Morgan fingerprint density at radius 2 is 2.04 bits per heavy atom. The summed E-state index contributed by atoms with van der Waals surface area (Å²) in [7, 11) is 0. The summed E-state index contributed by atoms with van der Waals surface area (Å²) in [4.78, 5) is 31.0. The fourth-order valence-electron chi connectivity index (χ4n) is 3.55. The second-order valence-electron chi connectivity index (χ2n) is 6.85. The third-order valence-corrected chi connectivity index (χ3v) is 4.93. The van der Waals surface area contributed by atoms with E-state index >= 15 is 0 Å². The normalized spacial score (nSPS) is 18.1. The van der Waals surface area contributed by atoms with E-state index in [0.29, 0.717) is 46.4 Å². The van der Waals surface area contributed by atoms with Crippen molar-refractivity contribution >= 4 is 34.3 Å². The first-order valence-electron chi connectivity index (χ1n) is 8.95. The predicted molar refractivity (Wildman–Crippen MR) is 100 cm³/mol. The van der Waals surface area contributed by atoms with Crippen molar-refractivity contribution in [2.24, 2.45) is 5.92 Å². The molecule has 8 nitrogen and oxygen atoms in total. The van der Waals surface area contributed by atoms with Gasteiger partial charge in [0, 0.05) is 37.3 Å². The highest BCUT2D eigenvalue weighted by molar-refractivity contribution is 6.04. The minimum Gasteiger partial charge on any atom is -0.454 e. The lowest BCUT2D eigenvalue weighted by atomic mass is 10.1. The van der Waals surface area contributed by atoms with E-state index in [9.17, 15) is 9.59 Å². The second-order valence-corrected chi connectivity index (χ2v) is 6.85. The number of hydrogen-bond donors (Lipinski definition) is 1. The van der Waals surface area contributed by atoms with E-state index in [2.05, 4.69) is 10.3 Å². The number of carbonyl (C=O) groups excluding carboxylic acids is 2. The van der Waals surface area contributed by atoms with E-state index < -0.39 is 5.92 Å². The maximum atomic E-state index is 12.7. The molecule has 142 valence electrons.